The number of aromatic nitrogens is 1. The van der Waals surface area contributed by atoms with Gasteiger partial charge in [0.2, 0.25) is 11.8 Å². The van der Waals surface area contributed by atoms with E-state index in [4.69, 9.17) is 11.6 Å². The van der Waals surface area contributed by atoms with E-state index < -0.39 is 17.8 Å². The molecular weight excluding hydrogens is 353 g/mol. The molecule has 1 N–H and O–H groups in total. The molecule has 5 nitrogen and oxygen atoms in total. The third-order valence-electron chi connectivity index (χ3n) is 4.06. The number of nitrogens with one attached hydrogen (secondary N) is 1. The van der Waals surface area contributed by atoms with Gasteiger partial charge in [-0.3, -0.25) is 9.59 Å². The highest BCUT2D eigenvalue weighted by atomic mass is 35.5. The lowest BCUT2D eigenvalue weighted by Gasteiger charge is -2.24. The number of carbonyl (C=O) groups excluding carboxylic acids is 2. The molecule has 8 heteroatoms. The summed E-state index contributed by atoms with van der Waals surface area (Å²) >= 11 is 7.04. The number of carbonyl (C=O) groups is 2. The molecule has 0 saturated carbocycles. The Morgan fingerprint density at radius 1 is 1.50 bits per heavy atom. The Morgan fingerprint density at radius 2 is 2.25 bits per heavy atom. The van der Waals surface area contributed by atoms with E-state index in [0.717, 1.165) is 5.69 Å². The predicted molar refractivity (Wildman–Crippen MR) is 90.5 cm³/mol. The summed E-state index contributed by atoms with van der Waals surface area (Å²) in [5.41, 5.74) is 1.35. The van der Waals surface area contributed by atoms with Gasteiger partial charge in [-0.15, -0.1) is 11.3 Å². The van der Waals surface area contributed by atoms with Crippen LogP contribution in [0.4, 0.5) is 9.52 Å². The maximum Gasteiger partial charge on any atom is 0.232 e. The Hall–Kier alpha value is -1.99. The highest BCUT2D eigenvalue weighted by Crippen LogP contribution is 2.38. The lowest BCUT2D eigenvalue weighted by molar-refractivity contribution is -0.128. The third kappa shape index (κ3) is 3.14. The van der Waals surface area contributed by atoms with Crippen LogP contribution in [-0.4, -0.2) is 28.7 Å². The van der Waals surface area contributed by atoms with E-state index in [-0.39, 0.29) is 23.3 Å². The fourth-order valence-corrected chi connectivity index (χ4v) is 3.68. The highest BCUT2D eigenvalue weighted by molar-refractivity contribution is 7.13. The average molecular weight is 368 g/mol. The predicted octanol–water partition coefficient (Wildman–Crippen LogP) is 3.40. The zero-order chi connectivity index (χ0) is 17.4. The molecule has 2 aromatic rings. The summed E-state index contributed by atoms with van der Waals surface area (Å²) in [6.45, 7) is 1.83. The first-order valence-electron chi connectivity index (χ1n) is 7.30. The van der Waals surface area contributed by atoms with Gasteiger partial charge in [0.05, 0.1) is 22.7 Å². The summed E-state index contributed by atoms with van der Waals surface area (Å²) in [7, 11) is 1.61. The van der Waals surface area contributed by atoms with Crippen molar-refractivity contribution in [3.8, 4) is 0 Å². The van der Waals surface area contributed by atoms with Crippen molar-refractivity contribution >= 4 is 39.9 Å². The molecule has 2 atom stereocenters. The van der Waals surface area contributed by atoms with Crippen LogP contribution in [0.2, 0.25) is 5.02 Å². The molecule has 1 aromatic carbocycles. The number of hydrogen-bond acceptors (Lipinski definition) is 4. The molecule has 126 valence electrons. The van der Waals surface area contributed by atoms with Crippen molar-refractivity contribution in [2.24, 2.45) is 5.92 Å². The van der Waals surface area contributed by atoms with Gasteiger partial charge in [-0.2, -0.15) is 0 Å². The van der Waals surface area contributed by atoms with Gasteiger partial charge in [0, 0.05) is 18.8 Å². The molecule has 0 bridgehead atoms. The second-order valence-electron chi connectivity index (χ2n) is 5.72. The summed E-state index contributed by atoms with van der Waals surface area (Å²) < 4.78 is 13.8. The molecule has 1 aliphatic heterocycles. The van der Waals surface area contributed by atoms with E-state index >= 15 is 0 Å². The van der Waals surface area contributed by atoms with Crippen molar-refractivity contribution < 1.29 is 14.0 Å². The molecule has 24 heavy (non-hydrogen) atoms. The normalized spacial score (nSPS) is 20.5. The van der Waals surface area contributed by atoms with E-state index in [2.05, 4.69) is 10.3 Å². The Morgan fingerprint density at radius 3 is 2.88 bits per heavy atom. The summed E-state index contributed by atoms with van der Waals surface area (Å²) in [6.07, 6.45) is 0.0710. The fourth-order valence-electron chi connectivity index (χ4n) is 2.87. The molecule has 2 amide bonds. The number of hydrogen-bond donors (Lipinski definition) is 1. The van der Waals surface area contributed by atoms with E-state index in [1.54, 1.807) is 13.1 Å². The van der Waals surface area contributed by atoms with Crippen LogP contribution in [0.1, 0.15) is 23.7 Å². The minimum Gasteiger partial charge on any atom is -0.338 e. The van der Waals surface area contributed by atoms with Crippen molar-refractivity contribution in [2.75, 3.05) is 12.4 Å². The number of anilines is 1. The van der Waals surface area contributed by atoms with Crippen LogP contribution in [0.25, 0.3) is 0 Å². The molecule has 0 radical (unpaired) electrons. The van der Waals surface area contributed by atoms with Crippen LogP contribution in [0.3, 0.4) is 0 Å². The monoisotopic (exact) mass is 367 g/mol. The molecule has 2 heterocycles. The quantitative estimate of drug-likeness (QED) is 0.904. The van der Waals surface area contributed by atoms with Crippen LogP contribution in [0.15, 0.2) is 23.6 Å². The first-order chi connectivity index (χ1) is 11.4. The number of rotatable bonds is 3. The van der Waals surface area contributed by atoms with Gasteiger partial charge >= 0.3 is 0 Å². The number of halogens is 2. The molecule has 1 aliphatic rings. The fraction of sp³-hybridized carbons (Fsp3) is 0.312. The smallest absolute Gasteiger partial charge is 0.232 e. The van der Waals surface area contributed by atoms with E-state index in [1.165, 1.54) is 28.4 Å². The van der Waals surface area contributed by atoms with Gasteiger partial charge in [0.25, 0.3) is 0 Å². The molecule has 1 saturated heterocycles. The van der Waals surface area contributed by atoms with Crippen molar-refractivity contribution in [3.63, 3.8) is 0 Å². The second kappa shape index (κ2) is 6.49. The van der Waals surface area contributed by atoms with Crippen LogP contribution < -0.4 is 5.32 Å². The minimum atomic E-state index is -0.618. The Balaban J connectivity index is 1.88. The van der Waals surface area contributed by atoms with E-state index in [9.17, 15) is 14.0 Å². The van der Waals surface area contributed by atoms with Crippen molar-refractivity contribution in [1.82, 2.24) is 9.88 Å². The van der Waals surface area contributed by atoms with E-state index in [1.807, 2.05) is 12.3 Å². The molecular formula is C16H15ClFN3O2S. The molecule has 2 unspecified atom stereocenters. The number of thiazole rings is 1. The highest BCUT2D eigenvalue weighted by Gasteiger charge is 2.43. The topological polar surface area (TPSA) is 62.3 Å². The second-order valence-corrected chi connectivity index (χ2v) is 6.98. The van der Waals surface area contributed by atoms with Gasteiger partial charge in [0.15, 0.2) is 5.13 Å². The third-order valence-corrected chi connectivity index (χ3v) is 5.24. The molecule has 0 aliphatic carbocycles. The van der Waals surface area contributed by atoms with Crippen LogP contribution in [0, 0.1) is 18.7 Å². The average Bonchev–Trinajstić information content (AvgIpc) is 3.06. The number of amides is 2. The molecule has 1 fully saturated rings. The standard InChI is InChI=1S/C16H15ClFN3O2S/c1-8-7-24-16(19-8)20-15(23)10-6-13(22)21(2)14(10)9-3-4-11(17)12(18)5-9/h3-5,7,10,14H,6H2,1-2H3,(H,19,20,23). The van der Waals surface area contributed by atoms with Crippen LogP contribution >= 0.6 is 22.9 Å². The van der Waals surface area contributed by atoms with E-state index in [0.29, 0.717) is 10.7 Å². The van der Waals surface area contributed by atoms with Gasteiger partial charge in [0.1, 0.15) is 5.82 Å². The van der Waals surface area contributed by atoms with Crippen LogP contribution in [0.5, 0.6) is 0 Å². The summed E-state index contributed by atoms with van der Waals surface area (Å²) in [5, 5.41) is 5.06. The van der Waals surface area contributed by atoms with Gasteiger partial charge < -0.3 is 10.2 Å². The Bertz CT molecular complexity index is 810. The number of aryl methyl sites for hydroxylation is 1. The maximum absolute atomic E-state index is 13.8. The van der Waals surface area contributed by atoms with Gasteiger partial charge in [-0.05, 0) is 24.6 Å². The lowest BCUT2D eigenvalue weighted by atomic mass is 9.93. The first-order valence-corrected chi connectivity index (χ1v) is 8.56. The molecule has 3 rings (SSSR count). The van der Waals surface area contributed by atoms with Gasteiger partial charge in [-0.25, -0.2) is 9.37 Å². The minimum absolute atomic E-state index is 0.00462. The maximum atomic E-state index is 13.8. The Kier molecular flexibility index (Phi) is 4.56. The zero-order valence-corrected chi connectivity index (χ0v) is 14.6. The lowest BCUT2D eigenvalue weighted by Crippen LogP contribution is -2.30. The van der Waals surface area contributed by atoms with Gasteiger partial charge in [-0.1, -0.05) is 17.7 Å². The first kappa shape index (κ1) is 16.9. The summed E-state index contributed by atoms with van der Waals surface area (Å²) in [6, 6.07) is 3.81. The number of likely N-dealkylation sites (tertiary alicyclic amines) is 1. The van der Waals surface area contributed by atoms with Crippen molar-refractivity contribution in [2.45, 2.75) is 19.4 Å². The largest absolute Gasteiger partial charge is 0.338 e. The van der Waals surface area contributed by atoms with Crippen molar-refractivity contribution in [1.29, 1.82) is 0 Å². The SMILES string of the molecule is Cc1csc(NC(=O)C2CC(=O)N(C)C2c2ccc(Cl)c(F)c2)n1. The zero-order valence-electron chi connectivity index (χ0n) is 13.0. The molecule has 1 aromatic heterocycles. The van der Waals surface area contributed by atoms with Crippen LogP contribution in [-0.2, 0) is 9.59 Å². The Labute approximate surface area is 147 Å². The van der Waals surface area contributed by atoms with Crippen molar-refractivity contribution in [3.05, 3.63) is 45.7 Å². The number of nitrogens with zero attached hydrogens (tertiary/aromatic N) is 2. The summed E-state index contributed by atoms with van der Waals surface area (Å²) in [4.78, 5) is 30.4. The number of benzene rings is 1. The summed E-state index contributed by atoms with van der Waals surface area (Å²) in [5.74, 6) is -1.66. The molecule has 0 spiro atoms.